The SMILES string of the molecule is COC(=O)c1ccccc1NC(C)c1cc(C)cc2c(=O)n(C)c(N3CCNCC3)cc12. The Hall–Kier alpha value is -3.32. The highest BCUT2D eigenvalue weighted by molar-refractivity contribution is 5.96. The topological polar surface area (TPSA) is 75.6 Å². The number of aromatic nitrogens is 1. The van der Waals surface area contributed by atoms with Crippen LogP contribution in [0.15, 0.2) is 47.3 Å². The molecule has 0 bridgehead atoms. The average molecular weight is 435 g/mol. The van der Waals surface area contributed by atoms with Crippen molar-refractivity contribution in [1.29, 1.82) is 0 Å². The second kappa shape index (κ2) is 9.04. The van der Waals surface area contributed by atoms with Gasteiger partial charge in [0.05, 0.1) is 12.7 Å². The number of pyridine rings is 1. The molecular formula is C25H30N4O3. The Balaban J connectivity index is 1.81. The molecule has 168 valence electrons. The number of nitrogens with one attached hydrogen (secondary N) is 2. The standard InChI is InChI=1S/C25H30N4O3/c1-16-13-19(17(2)27-22-8-6-5-7-18(22)25(31)32-4)20-15-23(29-11-9-26-10-12-29)28(3)24(30)21(20)14-16/h5-8,13-15,17,26-27H,9-12H2,1-4H3. The quantitative estimate of drug-likeness (QED) is 0.601. The molecule has 1 saturated heterocycles. The van der Waals surface area contributed by atoms with Crippen molar-refractivity contribution in [2.45, 2.75) is 19.9 Å². The molecule has 1 aliphatic heterocycles. The Bertz CT molecular complexity index is 1210. The van der Waals surface area contributed by atoms with Gasteiger partial charge in [-0.3, -0.25) is 9.36 Å². The first-order valence-corrected chi connectivity index (χ1v) is 10.9. The van der Waals surface area contributed by atoms with Crippen molar-refractivity contribution in [3.63, 3.8) is 0 Å². The molecule has 2 heterocycles. The van der Waals surface area contributed by atoms with Gasteiger partial charge >= 0.3 is 5.97 Å². The molecule has 1 unspecified atom stereocenters. The molecule has 0 radical (unpaired) electrons. The lowest BCUT2D eigenvalue weighted by atomic mass is 9.97. The summed E-state index contributed by atoms with van der Waals surface area (Å²) in [5, 5.41) is 8.46. The van der Waals surface area contributed by atoms with Crippen LogP contribution in [0.4, 0.5) is 11.5 Å². The lowest BCUT2D eigenvalue weighted by Crippen LogP contribution is -2.45. The molecule has 0 amide bonds. The fraction of sp³-hybridized carbons (Fsp3) is 0.360. The fourth-order valence-corrected chi connectivity index (χ4v) is 4.44. The molecule has 0 spiro atoms. The van der Waals surface area contributed by atoms with E-state index in [1.165, 1.54) is 7.11 Å². The van der Waals surface area contributed by atoms with Gasteiger partial charge in [0.2, 0.25) is 0 Å². The van der Waals surface area contributed by atoms with E-state index in [1.807, 2.05) is 45.2 Å². The molecule has 0 saturated carbocycles. The van der Waals surface area contributed by atoms with E-state index >= 15 is 0 Å². The summed E-state index contributed by atoms with van der Waals surface area (Å²) >= 11 is 0. The first kappa shape index (κ1) is 21.9. The third kappa shape index (κ3) is 4.08. The summed E-state index contributed by atoms with van der Waals surface area (Å²) < 4.78 is 6.68. The van der Waals surface area contributed by atoms with Crippen LogP contribution in [-0.2, 0) is 11.8 Å². The molecule has 0 aliphatic carbocycles. The number of benzene rings is 2. The second-order valence-corrected chi connectivity index (χ2v) is 8.32. The van der Waals surface area contributed by atoms with Crippen LogP contribution in [0.5, 0.6) is 0 Å². The Morgan fingerprint density at radius 2 is 1.84 bits per heavy atom. The zero-order valence-corrected chi connectivity index (χ0v) is 19.1. The first-order chi connectivity index (χ1) is 15.4. The van der Waals surface area contributed by atoms with Gasteiger partial charge in [-0.25, -0.2) is 4.79 Å². The van der Waals surface area contributed by atoms with E-state index < -0.39 is 0 Å². The van der Waals surface area contributed by atoms with E-state index in [2.05, 4.69) is 27.7 Å². The highest BCUT2D eigenvalue weighted by Crippen LogP contribution is 2.30. The molecule has 1 fully saturated rings. The number of fused-ring (bicyclic) bond motifs is 1. The van der Waals surface area contributed by atoms with Gasteiger partial charge < -0.3 is 20.3 Å². The normalized spacial score (nSPS) is 14.9. The lowest BCUT2D eigenvalue weighted by molar-refractivity contribution is 0.0602. The summed E-state index contributed by atoms with van der Waals surface area (Å²) in [6.45, 7) is 7.57. The number of rotatable bonds is 5. The summed E-state index contributed by atoms with van der Waals surface area (Å²) in [5.74, 6) is 0.542. The highest BCUT2D eigenvalue weighted by Gasteiger charge is 2.20. The van der Waals surface area contributed by atoms with Crippen molar-refractivity contribution in [3.8, 4) is 0 Å². The number of ether oxygens (including phenoxy) is 1. The van der Waals surface area contributed by atoms with Gasteiger partial charge in [-0.05, 0) is 54.6 Å². The number of piperazine rings is 1. The van der Waals surface area contributed by atoms with Gasteiger partial charge in [0, 0.05) is 50.3 Å². The zero-order chi connectivity index (χ0) is 22.8. The second-order valence-electron chi connectivity index (χ2n) is 8.32. The Labute approximate surface area is 188 Å². The number of methoxy groups -OCH3 is 1. The summed E-state index contributed by atoms with van der Waals surface area (Å²) in [5.41, 5.74) is 3.23. The number of nitrogens with zero attached hydrogens (tertiary/aromatic N) is 2. The number of carbonyl (C=O) groups excluding carboxylic acids is 1. The fourth-order valence-electron chi connectivity index (χ4n) is 4.44. The van der Waals surface area contributed by atoms with E-state index in [0.29, 0.717) is 16.6 Å². The minimum absolute atomic E-state index is 0.00291. The van der Waals surface area contributed by atoms with Gasteiger partial charge in [0.1, 0.15) is 5.82 Å². The van der Waals surface area contributed by atoms with Gasteiger partial charge in [-0.1, -0.05) is 18.2 Å². The van der Waals surface area contributed by atoms with Crippen LogP contribution in [0, 0.1) is 6.92 Å². The molecule has 1 atom stereocenters. The molecule has 4 rings (SSSR count). The largest absolute Gasteiger partial charge is 0.465 e. The number of hydrogen-bond donors (Lipinski definition) is 2. The number of hydrogen-bond acceptors (Lipinski definition) is 6. The molecule has 1 aromatic heterocycles. The van der Waals surface area contributed by atoms with E-state index in [0.717, 1.165) is 48.5 Å². The molecule has 2 aromatic carbocycles. The highest BCUT2D eigenvalue weighted by atomic mass is 16.5. The van der Waals surface area contributed by atoms with Crippen molar-refractivity contribution in [2.75, 3.05) is 43.5 Å². The third-order valence-corrected chi connectivity index (χ3v) is 6.12. The van der Waals surface area contributed by atoms with E-state index in [-0.39, 0.29) is 17.6 Å². The number of esters is 1. The Kier molecular flexibility index (Phi) is 6.19. The van der Waals surface area contributed by atoms with Crippen LogP contribution in [-0.4, -0.2) is 43.8 Å². The lowest BCUT2D eigenvalue weighted by Gasteiger charge is -2.31. The van der Waals surface area contributed by atoms with Crippen molar-refractivity contribution < 1.29 is 9.53 Å². The molecular weight excluding hydrogens is 404 g/mol. The molecule has 7 nitrogen and oxygen atoms in total. The van der Waals surface area contributed by atoms with Crippen molar-refractivity contribution in [2.24, 2.45) is 7.05 Å². The maximum Gasteiger partial charge on any atom is 0.339 e. The minimum Gasteiger partial charge on any atom is -0.465 e. The summed E-state index contributed by atoms with van der Waals surface area (Å²) in [6.07, 6.45) is 0. The number of carbonyl (C=O) groups is 1. The third-order valence-electron chi connectivity index (χ3n) is 6.12. The van der Waals surface area contributed by atoms with E-state index in [1.54, 1.807) is 10.6 Å². The van der Waals surface area contributed by atoms with E-state index in [4.69, 9.17) is 4.74 Å². The number of para-hydroxylation sites is 1. The number of aryl methyl sites for hydroxylation is 1. The van der Waals surface area contributed by atoms with Crippen LogP contribution in [0.1, 0.15) is 34.5 Å². The average Bonchev–Trinajstić information content (AvgIpc) is 2.81. The maximum atomic E-state index is 13.3. The molecule has 3 aromatic rings. The van der Waals surface area contributed by atoms with Crippen LogP contribution >= 0.6 is 0 Å². The molecule has 2 N–H and O–H groups in total. The van der Waals surface area contributed by atoms with Crippen molar-refractivity contribution in [3.05, 3.63) is 69.5 Å². The Morgan fingerprint density at radius 1 is 1.12 bits per heavy atom. The predicted octanol–water partition coefficient (Wildman–Crippen LogP) is 3.22. The monoisotopic (exact) mass is 434 g/mol. The van der Waals surface area contributed by atoms with Gasteiger partial charge in [0.15, 0.2) is 0 Å². The minimum atomic E-state index is -0.385. The summed E-state index contributed by atoms with van der Waals surface area (Å²) in [7, 11) is 3.22. The van der Waals surface area contributed by atoms with E-state index in [9.17, 15) is 9.59 Å². The maximum absolute atomic E-state index is 13.3. The number of anilines is 2. The zero-order valence-electron chi connectivity index (χ0n) is 19.1. The summed E-state index contributed by atoms with van der Waals surface area (Å²) in [4.78, 5) is 27.8. The van der Waals surface area contributed by atoms with Crippen LogP contribution in [0.25, 0.3) is 10.8 Å². The Morgan fingerprint density at radius 3 is 2.56 bits per heavy atom. The summed E-state index contributed by atoms with van der Waals surface area (Å²) in [6, 6.07) is 13.4. The van der Waals surface area contributed by atoms with Crippen LogP contribution in [0.2, 0.25) is 0 Å². The van der Waals surface area contributed by atoms with Crippen molar-refractivity contribution >= 4 is 28.2 Å². The van der Waals surface area contributed by atoms with Gasteiger partial charge in [-0.15, -0.1) is 0 Å². The predicted molar refractivity (Wildman–Crippen MR) is 129 cm³/mol. The molecule has 32 heavy (non-hydrogen) atoms. The first-order valence-electron chi connectivity index (χ1n) is 10.9. The molecule has 7 heteroatoms. The van der Waals surface area contributed by atoms with Crippen molar-refractivity contribution in [1.82, 2.24) is 9.88 Å². The molecule has 1 aliphatic rings. The van der Waals surface area contributed by atoms with Gasteiger partial charge in [-0.2, -0.15) is 0 Å². The van der Waals surface area contributed by atoms with Gasteiger partial charge in [0.25, 0.3) is 5.56 Å². The van der Waals surface area contributed by atoms with Crippen LogP contribution in [0.3, 0.4) is 0 Å². The van der Waals surface area contributed by atoms with Crippen LogP contribution < -0.4 is 21.1 Å². The smallest absolute Gasteiger partial charge is 0.339 e.